The Labute approximate surface area is 167 Å². The number of rotatable bonds is 5. The van der Waals surface area contributed by atoms with E-state index in [-0.39, 0.29) is 11.8 Å². The van der Waals surface area contributed by atoms with E-state index in [4.69, 9.17) is 0 Å². The van der Waals surface area contributed by atoms with Crippen LogP contribution >= 0.6 is 0 Å². The Morgan fingerprint density at radius 2 is 1.86 bits per heavy atom. The lowest BCUT2D eigenvalue weighted by Crippen LogP contribution is -2.52. The summed E-state index contributed by atoms with van der Waals surface area (Å²) in [5.41, 5.74) is 0.932. The van der Waals surface area contributed by atoms with Crippen LogP contribution in [0.3, 0.4) is 0 Å². The van der Waals surface area contributed by atoms with Crippen LogP contribution in [0.25, 0.3) is 0 Å². The Kier molecular flexibility index (Phi) is 5.99. The fraction of sp³-hybridized carbons (Fsp3) is 0.762. The minimum absolute atomic E-state index is 0.140. The van der Waals surface area contributed by atoms with Gasteiger partial charge in [-0.05, 0) is 26.2 Å². The van der Waals surface area contributed by atoms with Crippen LogP contribution in [0.5, 0.6) is 0 Å². The molecule has 0 spiro atoms. The van der Waals surface area contributed by atoms with Crippen LogP contribution in [0.4, 0.5) is 5.82 Å². The molecule has 0 unspecified atom stereocenters. The van der Waals surface area contributed by atoms with Gasteiger partial charge in [0.2, 0.25) is 11.8 Å². The van der Waals surface area contributed by atoms with Gasteiger partial charge in [0.15, 0.2) is 0 Å². The van der Waals surface area contributed by atoms with Gasteiger partial charge in [-0.2, -0.15) is 5.10 Å². The number of carbonyl (C=O) groups excluding carboxylic acids is 2. The maximum Gasteiger partial charge on any atom is 0.229 e. The number of carbonyl (C=O) groups is 2. The molecular formula is C21H33N5O2. The van der Waals surface area contributed by atoms with Crippen molar-refractivity contribution in [2.75, 3.05) is 37.6 Å². The molecule has 2 amide bonds. The first-order valence-corrected chi connectivity index (χ1v) is 11.0. The molecule has 7 heteroatoms. The maximum absolute atomic E-state index is 12.6. The molecule has 1 saturated carbocycles. The molecule has 2 fully saturated rings. The van der Waals surface area contributed by atoms with E-state index in [0.717, 1.165) is 43.7 Å². The fourth-order valence-electron chi connectivity index (χ4n) is 4.95. The summed E-state index contributed by atoms with van der Waals surface area (Å²) >= 11 is 0. The third kappa shape index (κ3) is 4.24. The largest absolute Gasteiger partial charge is 0.340 e. The SMILES string of the molecule is Cc1cc2n(n1)CCC(=O)N2CCCC(=O)N1CCN(C2CCCCC2)CC1. The summed E-state index contributed by atoms with van der Waals surface area (Å²) in [6.07, 6.45) is 8.47. The molecule has 154 valence electrons. The van der Waals surface area contributed by atoms with Gasteiger partial charge in [0, 0.05) is 57.7 Å². The van der Waals surface area contributed by atoms with Crippen molar-refractivity contribution in [1.29, 1.82) is 0 Å². The summed E-state index contributed by atoms with van der Waals surface area (Å²) in [5.74, 6) is 1.25. The lowest BCUT2D eigenvalue weighted by atomic mass is 9.94. The van der Waals surface area contributed by atoms with Crippen molar-refractivity contribution in [3.63, 3.8) is 0 Å². The molecule has 1 saturated heterocycles. The van der Waals surface area contributed by atoms with Crippen molar-refractivity contribution in [2.45, 2.75) is 70.9 Å². The average molecular weight is 388 g/mol. The van der Waals surface area contributed by atoms with E-state index in [2.05, 4.69) is 10.00 Å². The molecular weight excluding hydrogens is 354 g/mol. The molecule has 7 nitrogen and oxygen atoms in total. The smallest absolute Gasteiger partial charge is 0.229 e. The summed E-state index contributed by atoms with van der Waals surface area (Å²) in [6, 6.07) is 2.70. The minimum atomic E-state index is 0.140. The Bertz CT molecular complexity index is 702. The number of aryl methyl sites for hydroxylation is 2. The Hall–Kier alpha value is -1.89. The van der Waals surface area contributed by atoms with Gasteiger partial charge in [0.25, 0.3) is 0 Å². The highest BCUT2D eigenvalue weighted by molar-refractivity contribution is 5.93. The van der Waals surface area contributed by atoms with Crippen LogP contribution in [0.15, 0.2) is 6.07 Å². The molecule has 0 N–H and O–H groups in total. The van der Waals surface area contributed by atoms with E-state index in [9.17, 15) is 9.59 Å². The number of hydrogen-bond acceptors (Lipinski definition) is 4. The van der Waals surface area contributed by atoms with Gasteiger partial charge in [0.1, 0.15) is 5.82 Å². The summed E-state index contributed by atoms with van der Waals surface area (Å²) in [6.45, 7) is 6.93. The average Bonchev–Trinajstić information content (AvgIpc) is 3.11. The van der Waals surface area contributed by atoms with Crippen molar-refractivity contribution in [3.8, 4) is 0 Å². The van der Waals surface area contributed by atoms with Gasteiger partial charge in [-0.1, -0.05) is 19.3 Å². The van der Waals surface area contributed by atoms with Crippen LogP contribution in [-0.4, -0.2) is 70.2 Å². The van der Waals surface area contributed by atoms with Gasteiger partial charge in [0.05, 0.1) is 12.2 Å². The first-order chi connectivity index (χ1) is 13.6. The van der Waals surface area contributed by atoms with E-state index < -0.39 is 0 Å². The molecule has 28 heavy (non-hydrogen) atoms. The van der Waals surface area contributed by atoms with Gasteiger partial charge < -0.3 is 4.90 Å². The van der Waals surface area contributed by atoms with Crippen LogP contribution in [0, 0.1) is 6.92 Å². The number of aromatic nitrogens is 2. The van der Waals surface area contributed by atoms with E-state index in [1.165, 1.54) is 32.1 Å². The Morgan fingerprint density at radius 3 is 2.61 bits per heavy atom. The number of piperazine rings is 1. The number of fused-ring (bicyclic) bond motifs is 1. The van der Waals surface area contributed by atoms with E-state index in [1.807, 2.05) is 22.6 Å². The van der Waals surface area contributed by atoms with Crippen molar-refractivity contribution in [1.82, 2.24) is 19.6 Å². The van der Waals surface area contributed by atoms with Gasteiger partial charge in [-0.15, -0.1) is 0 Å². The highest BCUT2D eigenvalue weighted by atomic mass is 16.2. The minimum Gasteiger partial charge on any atom is -0.340 e. The molecule has 1 aromatic rings. The van der Waals surface area contributed by atoms with Crippen molar-refractivity contribution < 1.29 is 9.59 Å². The number of nitrogens with zero attached hydrogens (tertiary/aromatic N) is 5. The van der Waals surface area contributed by atoms with Gasteiger partial charge in [-0.3, -0.25) is 19.4 Å². The van der Waals surface area contributed by atoms with Crippen molar-refractivity contribution >= 4 is 17.6 Å². The quantitative estimate of drug-likeness (QED) is 0.777. The summed E-state index contributed by atoms with van der Waals surface area (Å²) in [4.78, 5) is 31.4. The molecule has 4 rings (SSSR count). The Balaban J connectivity index is 1.22. The normalized spacial score (nSPS) is 21.8. The summed E-state index contributed by atoms with van der Waals surface area (Å²) in [5, 5.41) is 4.44. The molecule has 1 aliphatic carbocycles. The summed E-state index contributed by atoms with van der Waals surface area (Å²) < 4.78 is 1.91. The predicted molar refractivity (Wildman–Crippen MR) is 108 cm³/mol. The third-order valence-corrected chi connectivity index (χ3v) is 6.53. The number of hydrogen-bond donors (Lipinski definition) is 0. The zero-order valence-corrected chi connectivity index (χ0v) is 17.1. The molecule has 1 aromatic heterocycles. The first-order valence-electron chi connectivity index (χ1n) is 11.0. The monoisotopic (exact) mass is 387 g/mol. The van der Waals surface area contributed by atoms with Gasteiger partial charge in [-0.25, -0.2) is 4.68 Å². The lowest BCUT2D eigenvalue weighted by molar-refractivity contribution is -0.133. The molecule has 3 heterocycles. The maximum atomic E-state index is 12.6. The zero-order chi connectivity index (χ0) is 19.5. The lowest BCUT2D eigenvalue weighted by Gasteiger charge is -2.40. The highest BCUT2D eigenvalue weighted by Gasteiger charge is 2.28. The first kappa shape index (κ1) is 19.4. The van der Waals surface area contributed by atoms with Crippen LogP contribution in [0.1, 0.15) is 57.1 Å². The molecule has 2 aliphatic heterocycles. The second-order valence-electron chi connectivity index (χ2n) is 8.47. The third-order valence-electron chi connectivity index (χ3n) is 6.53. The topological polar surface area (TPSA) is 61.7 Å². The molecule has 0 bridgehead atoms. The van der Waals surface area contributed by atoms with Crippen LogP contribution in [0.2, 0.25) is 0 Å². The molecule has 0 radical (unpaired) electrons. The van der Waals surface area contributed by atoms with Crippen LogP contribution < -0.4 is 4.90 Å². The molecule has 0 aromatic carbocycles. The van der Waals surface area contributed by atoms with E-state index in [0.29, 0.717) is 32.4 Å². The van der Waals surface area contributed by atoms with Crippen LogP contribution in [-0.2, 0) is 16.1 Å². The van der Waals surface area contributed by atoms with E-state index >= 15 is 0 Å². The fourth-order valence-corrected chi connectivity index (χ4v) is 4.95. The number of anilines is 1. The zero-order valence-electron chi connectivity index (χ0n) is 17.1. The molecule has 0 atom stereocenters. The second-order valence-corrected chi connectivity index (χ2v) is 8.47. The van der Waals surface area contributed by atoms with Crippen molar-refractivity contribution in [2.24, 2.45) is 0 Å². The van der Waals surface area contributed by atoms with Crippen molar-refractivity contribution in [3.05, 3.63) is 11.8 Å². The Morgan fingerprint density at radius 1 is 1.11 bits per heavy atom. The standard InChI is InChI=1S/C21H33N5O2/c1-17-16-19-25(21(28)9-11-26(19)22-17)10-5-8-20(27)24-14-12-23(13-15-24)18-6-3-2-4-7-18/h16,18H,2-15H2,1H3. The second kappa shape index (κ2) is 8.64. The summed E-state index contributed by atoms with van der Waals surface area (Å²) in [7, 11) is 0. The highest BCUT2D eigenvalue weighted by Crippen LogP contribution is 2.24. The van der Waals surface area contributed by atoms with E-state index in [1.54, 1.807) is 4.90 Å². The predicted octanol–water partition coefficient (Wildman–Crippen LogP) is 2.19. The molecule has 3 aliphatic rings. The van der Waals surface area contributed by atoms with Gasteiger partial charge >= 0.3 is 0 Å². The number of amides is 2.